The quantitative estimate of drug-likeness (QED) is 0.743. The van der Waals surface area contributed by atoms with Gasteiger partial charge in [-0.2, -0.15) is 5.10 Å². The Kier molecular flexibility index (Phi) is 2.95. The SMILES string of the molecule is COC(=O)c1cc(-c2ccc(C)cc2)n(C)n1. The molecule has 0 amide bonds. The van der Waals surface area contributed by atoms with E-state index in [1.807, 2.05) is 38.2 Å². The molecule has 4 heteroatoms. The molecule has 0 saturated heterocycles. The Morgan fingerprint density at radius 2 is 1.94 bits per heavy atom. The summed E-state index contributed by atoms with van der Waals surface area (Å²) in [4.78, 5) is 11.4. The predicted molar refractivity (Wildman–Crippen MR) is 64.7 cm³/mol. The molecule has 0 aliphatic carbocycles. The van der Waals surface area contributed by atoms with E-state index in [4.69, 9.17) is 0 Å². The molecule has 1 heterocycles. The number of carbonyl (C=O) groups is 1. The molecule has 0 saturated carbocycles. The van der Waals surface area contributed by atoms with Gasteiger partial charge >= 0.3 is 5.97 Å². The fraction of sp³-hybridized carbons (Fsp3) is 0.231. The van der Waals surface area contributed by atoms with Crippen molar-refractivity contribution in [1.82, 2.24) is 9.78 Å². The van der Waals surface area contributed by atoms with Crippen LogP contribution in [0.25, 0.3) is 11.3 Å². The summed E-state index contributed by atoms with van der Waals surface area (Å²) in [5.74, 6) is -0.418. The molecule has 2 rings (SSSR count). The maximum atomic E-state index is 11.4. The van der Waals surface area contributed by atoms with Crippen molar-refractivity contribution < 1.29 is 9.53 Å². The van der Waals surface area contributed by atoms with Crippen molar-refractivity contribution in [1.29, 1.82) is 0 Å². The number of nitrogens with zero attached hydrogens (tertiary/aromatic N) is 2. The van der Waals surface area contributed by atoms with Gasteiger partial charge in [0.15, 0.2) is 5.69 Å². The lowest BCUT2D eigenvalue weighted by atomic mass is 10.1. The van der Waals surface area contributed by atoms with Crippen molar-refractivity contribution >= 4 is 5.97 Å². The molecule has 4 nitrogen and oxygen atoms in total. The minimum absolute atomic E-state index is 0.325. The van der Waals surface area contributed by atoms with Crippen LogP contribution in [0.2, 0.25) is 0 Å². The molecule has 2 aromatic rings. The van der Waals surface area contributed by atoms with Crippen LogP contribution in [0.15, 0.2) is 30.3 Å². The summed E-state index contributed by atoms with van der Waals surface area (Å²) < 4.78 is 6.32. The second kappa shape index (κ2) is 4.41. The molecule has 88 valence electrons. The van der Waals surface area contributed by atoms with E-state index in [2.05, 4.69) is 9.84 Å². The van der Waals surface area contributed by atoms with Crippen molar-refractivity contribution in [2.75, 3.05) is 7.11 Å². The number of carbonyl (C=O) groups excluding carboxylic acids is 1. The average Bonchev–Trinajstić information content (AvgIpc) is 2.71. The van der Waals surface area contributed by atoms with Gasteiger partial charge < -0.3 is 4.74 Å². The van der Waals surface area contributed by atoms with Gasteiger partial charge in [-0.25, -0.2) is 4.79 Å². The molecule has 0 N–H and O–H groups in total. The van der Waals surface area contributed by atoms with Crippen LogP contribution in [-0.2, 0) is 11.8 Å². The normalized spacial score (nSPS) is 10.3. The summed E-state index contributed by atoms with van der Waals surface area (Å²) in [5.41, 5.74) is 3.45. The van der Waals surface area contributed by atoms with Crippen LogP contribution in [0, 0.1) is 6.92 Å². The van der Waals surface area contributed by atoms with Crippen LogP contribution < -0.4 is 0 Å². The minimum atomic E-state index is -0.418. The van der Waals surface area contributed by atoms with Crippen LogP contribution >= 0.6 is 0 Å². The second-order valence-corrected chi connectivity index (χ2v) is 3.90. The van der Waals surface area contributed by atoms with Gasteiger partial charge in [0.1, 0.15) is 0 Å². The summed E-state index contributed by atoms with van der Waals surface area (Å²) >= 11 is 0. The van der Waals surface area contributed by atoms with E-state index in [1.165, 1.54) is 12.7 Å². The minimum Gasteiger partial charge on any atom is -0.464 e. The third-order valence-electron chi connectivity index (χ3n) is 2.62. The van der Waals surface area contributed by atoms with E-state index in [-0.39, 0.29) is 0 Å². The van der Waals surface area contributed by atoms with Gasteiger partial charge in [-0.05, 0) is 18.6 Å². The number of esters is 1. The number of hydrogen-bond acceptors (Lipinski definition) is 3. The fourth-order valence-electron chi connectivity index (χ4n) is 1.67. The molecular weight excluding hydrogens is 216 g/mol. The standard InChI is InChI=1S/C13H14N2O2/c1-9-4-6-10(7-5-9)12-8-11(13(16)17-3)14-15(12)2/h4-8H,1-3H3. The summed E-state index contributed by atoms with van der Waals surface area (Å²) in [7, 11) is 3.16. The zero-order valence-corrected chi connectivity index (χ0v) is 10.1. The molecule has 1 aromatic carbocycles. The summed E-state index contributed by atoms with van der Waals surface area (Å²) in [6.07, 6.45) is 0. The number of hydrogen-bond donors (Lipinski definition) is 0. The molecule has 0 atom stereocenters. The highest BCUT2D eigenvalue weighted by Gasteiger charge is 2.13. The topological polar surface area (TPSA) is 44.1 Å². The number of aromatic nitrogens is 2. The van der Waals surface area contributed by atoms with Gasteiger partial charge in [0, 0.05) is 7.05 Å². The lowest BCUT2D eigenvalue weighted by Crippen LogP contribution is -2.02. The molecule has 0 radical (unpaired) electrons. The zero-order valence-electron chi connectivity index (χ0n) is 10.1. The lowest BCUT2D eigenvalue weighted by molar-refractivity contribution is 0.0593. The zero-order chi connectivity index (χ0) is 12.4. The monoisotopic (exact) mass is 230 g/mol. The summed E-state index contributed by atoms with van der Waals surface area (Å²) in [6.45, 7) is 2.03. The Hall–Kier alpha value is -2.10. The largest absolute Gasteiger partial charge is 0.464 e. The first kappa shape index (κ1) is 11.4. The molecule has 0 bridgehead atoms. The van der Waals surface area contributed by atoms with E-state index in [0.717, 1.165) is 11.3 Å². The molecule has 0 fully saturated rings. The fourth-order valence-corrected chi connectivity index (χ4v) is 1.67. The Morgan fingerprint density at radius 1 is 1.29 bits per heavy atom. The highest BCUT2D eigenvalue weighted by atomic mass is 16.5. The smallest absolute Gasteiger partial charge is 0.358 e. The number of ether oxygens (including phenoxy) is 1. The van der Waals surface area contributed by atoms with Gasteiger partial charge in [-0.3, -0.25) is 4.68 Å². The van der Waals surface area contributed by atoms with Crippen LogP contribution in [0.4, 0.5) is 0 Å². The maximum absolute atomic E-state index is 11.4. The average molecular weight is 230 g/mol. The van der Waals surface area contributed by atoms with E-state index in [9.17, 15) is 4.79 Å². The molecular formula is C13H14N2O2. The second-order valence-electron chi connectivity index (χ2n) is 3.90. The van der Waals surface area contributed by atoms with Crippen molar-refractivity contribution in [2.45, 2.75) is 6.92 Å². The Morgan fingerprint density at radius 3 is 2.53 bits per heavy atom. The third kappa shape index (κ3) is 2.20. The number of aryl methyl sites for hydroxylation is 2. The molecule has 17 heavy (non-hydrogen) atoms. The third-order valence-corrected chi connectivity index (χ3v) is 2.62. The molecule has 0 spiro atoms. The van der Waals surface area contributed by atoms with Crippen LogP contribution in [0.1, 0.15) is 16.1 Å². The summed E-state index contributed by atoms with van der Waals surface area (Å²) in [6, 6.07) is 9.80. The van der Waals surface area contributed by atoms with Gasteiger partial charge in [-0.1, -0.05) is 29.8 Å². The maximum Gasteiger partial charge on any atom is 0.358 e. The summed E-state index contributed by atoms with van der Waals surface area (Å²) in [5, 5.41) is 4.12. The lowest BCUT2D eigenvalue weighted by Gasteiger charge is -2.01. The van der Waals surface area contributed by atoms with Gasteiger partial charge in [-0.15, -0.1) is 0 Å². The first-order valence-electron chi connectivity index (χ1n) is 5.31. The van der Waals surface area contributed by atoms with Crippen molar-refractivity contribution in [3.8, 4) is 11.3 Å². The molecule has 0 aliphatic heterocycles. The highest BCUT2D eigenvalue weighted by Crippen LogP contribution is 2.20. The van der Waals surface area contributed by atoms with Gasteiger partial charge in [0.2, 0.25) is 0 Å². The Bertz CT molecular complexity index is 541. The molecule has 0 unspecified atom stereocenters. The van der Waals surface area contributed by atoms with Crippen molar-refractivity contribution in [2.24, 2.45) is 7.05 Å². The van der Waals surface area contributed by atoms with Gasteiger partial charge in [0.25, 0.3) is 0 Å². The number of benzene rings is 1. The number of rotatable bonds is 2. The van der Waals surface area contributed by atoms with E-state index in [1.54, 1.807) is 10.7 Å². The van der Waals surface area contributed by atoms with E-state index in [0.29, 0.717) is 5.69 Å². The predicted octanol–water partition coefficient (Wildman–Crippen LogP) is 2.18. The number of methoxy groups -OCH3 is 1. The Labute approximate surface area is 99.8 Å². The molecule has 1 aromatic heterocycles. The van der Waals surface area contributed by atoms with E-state index >= 15 is 0 Å². The first-order chi connectivity index (χ1) is 8.11. The van der Waals surface area contributed by atoms with E-state index < -0.39 is 5.97 Å². The van der Waals surface area contributed by atoms with Crippen LogP contribution in [0.3, 0.4) is 0 Å². The van der Waals surface area contributed by atoms with Gasteiger partial charge in [0.05, 0.1) is 12.8 Å². The molecule has 0 aliphatic rings. The van der Waals surface area contributed by atoms with Crippen molar-refractivity contribution in [3.63, 3.8) is 0 Å². The van der Waals surface area contributed by atoms with Crippen LogP contribution in [0.5, 0.6) is 0 Å². The first-order valence-corrected chi connectivity index (χ1v) is 5.31. The Balaban J connectivity index is 2.42. The highest BCUT2D eigenvalue weighted by molar-refractivity contribution is 5.88. The van der Waals surface area contributed by atoms with Crippen molar-refractivity contribution in [3.05, 3.63) is 41.6 Å². The van der Waals surface area contributed by atoms with Crippen LogP contribution in [-0.4, -0.2) is 22.9 Å².